The second kappa shape index (κ2) is 11.7. The van der Waals surface area contributed by atoms with Crippen LogP contribution in [0, 0.1) is 0 Å². The molecule has 0 radical (unpaired) electrons. The van der Waals surface area contributed by atoms with Gasteiger partial charge in [-0.3, -0.25) is 0 Å². The van der Waals surface area contributed by atoms with E-state index >= 15 is 0 Å². The largest absolute Gasteiger partial charge is 0.310 e. The lowest BCUT2D eigenvalue weighted by Gasteiger charge is -2.28. The summed E-state index contributed by atoms with van der Waals surface area (Å²) in [6, 6.07) is 68.7. The normalized spacial score (nSPS) is 11.6. The lowest BCUT2D eigenvalue weighted by atomic mass is 9.95. The van der Waals surface area contributed by atoms with Gasteiger partial charge in [-0.1, -0.05) is 152 Å². The molecule has 0 atom stereocenters. The van der Waals surface area contributed by atoms with E-state index < -0.39 is 0 Å². The molecule has 2 heteroatoms. The van der Waals surface area contributed by atoms with E-state index in [0.29, 0.717) is 0 Å². The quantitative estimate of drug-likeness (QED) is 0.167. The maximum Gasteiger partial charge on any atom is 0.0540 e. The van der Waals surface area contributed by atoms with Gasteiger partial charge in [0.25, 0.3) is 0 Å². The standard InChI is InChI=1S/C48H31NS/c1-2-11-32(12-3-1)36-14-8-15-38(31-36)49(45-21-10-19-43-41(45)30-27-35-24-23-33-13-4-5-16-39(33)47(35)43)37-28-25-34(26-29-37)40-18-9-20-44-42-17-6-7-22-46(42)50-48(40)44/h1-31H. The van der Waals surface area contributed by atoms with Gasteiger partial charge >= 0.3 is 0 Å². The maximum absolute atomic E-state index is 2.43. The Labute approximate surface area is 294 Å². The number of anilines is 3. The molecule has 50 heavy (non-hydrogen) atoms. The summed E-state index contributed by atoms with van der Waals surface area (Å²) in [5.74, 6) is 0. The summed E-state index contributed by atoms with van der Waals surface area (Å²) < 4.78 is 2.66. The number of hydrogen-bond donors (Lipinski definition) is 0. The summed E-state index contributed by atoms with van der Waals surface area (Å²) in [6.07, 6.45) is 0. The van der Waals surface area contributed by atoms with Crippen LogP contribution in [0.25, 0.3) is 74.7 Å². The van der Waals surface area contributed by atoms with Gasteiger partial charge in [0, 0.05) is 36.9 Å². The van der Waals surface area contributed by atoms with Crippen LogP contribution in [0.2, 0.25) is 0 Å². The van der Waals surface area contributed by atoms with Crippen LogP contribution >= 0.6 is 11.3 Å². The molecule has 10 aromatic rings. The summed E-state index contributed by atoms with van der Waals surface area (Å²) in [5.41, 5.74) is 8.29. The molecule has 0 saturated heterocycles. The molecule has 0 amide bonds. The van der Waals surface area contributed by atoms with E-state index in [2.05, 4.69) is 193 Å². The number of benzene rings is 9. The van der Waals surface area contributed by atoms with Crippen molar-refractivity contribution in [2.24, 2.45) is 0 Å². The van der Waals surface area contributed by atoms with Crippen molar-refractivity contribution in [3.63, 3.8) is 0 Å². The Hall–Kier alpha value is -6.22. The topological polar surface area (TPSA) is 3.24 Å². The van der Waals surface area contributed by atoms with Crippen molar-refractivity contribution < 1.29 is 0 Å². The summed E-state index contributed by atoms with van der Waals surface area (Å²) in [5, 5.41) is 10.2. The van der Waals surface area contributed by atoms with Gasteiger partial charge in [0.1, 0.15) is 0 Å². The molecule has 0 aliphatic heterocycles. The van der Waals surface area contributed by atoms with E-state index in [-0.39, 0.29) is 0 Å². The monoisotopic (exact) mass is 653 g/mol. The van der Waals surface area contributed by atoms with Gasteiger partial charge in [-0.2, -0.15) is 0 Å². The SMILES string of the molecule is c1ccc(-c2cccc(N(c3ccc(-c4cccc5c4sc4ccccc45)cc3)c3cccc4c3ccc3ccc5ccccc5c34)c2)cc1. The average Bonchev–Trinajstić information content (AvgIpc) is 3.58. The Balaban J connectivity index is 1.18. The second-order valence-electron chi connectivity index (χ2n) is 12.9. The third kappa shape index (κ3) is 4.69. The van der Waals surface area contributed by atoms with Crippen LogP contribution in [0.4, 0.5) is 17.1 Å². The highest BCUT2D eigenvalue weighted by Crippen LogP contribution is 2.44. The summed E-state index contributed by atoms with van der Waals surface area (Å²) in [4.78, 5) is 2.43. The first kappa shape index (κ1) is 28.8. The minimum absolute atomic E-state index is 1.12. The molecule has 0 bridgehead atoms. The van der Waals surface area contributed by atoms with Gasteiger partial charge in [0.2, 0.25) is 0 Å². The van der Waals surface area contributed by atoms with Crippen molar-refractivity contribution in [2.75, 3.05) is 4.90 Å². The van der Waals surface area contributed by atoms with Gasteiger partial charge in [0.05, 0.1) is 5.69 Å². The van der Waals surface area contributed by atoms with Crippen LogP contribution in [-0.2, 0) is 0 Å². The molecule has 10 rings (SSSR count). The molecule has 0 unspecified atom stereocenters. The van der Waals surface area contributed by atoms with Gasteiger partial charge in [-0.25, -0.2) is 0 Å². The Morgan fingerprint density at radius 2 is 1.04 bits per heavy atom. The fourth-order valence-corrected chi connectivity index (χ4v) is 8.93. The van der Waals surface area contributed by atoms with Crippen LogP contribution in [0.5, 0.6) is 0 Å². The molecule has 0 saturated carbocycles. The molecule has 0 aliphatic rings. The molecule has 234 valence electrons. The number of rotatable bonds is 5. The van der Waals surface area contributed by atoms with E-state index in [9.17, 15) is 0 Å². The molecule has 0 aliphatic carbocycles. The van der Waals surface area contributed by atoms with E-state index in [1.165, 1.54) is 74.7 Å². The van der Waals surface area contributed by atoms with Crippen LogP contribution in [0.15, 0.2) is 188 Å². The molecular weight excluding hydrogens is 623 g/mol. The minimum atomic E-state index is 1.12. The van der Waals surface area contributed by atoms with Gasteiger partial charge in [0.15, 0.2) is 0 Å². The summed E-state index contributed by atoms with van der Waals surface area (Å²) in [7, 11) is 0. The molecule has 9 aromatic carbocycles. The van der Waals surface area contributed by atoms with Gasteiger partial charge in [-0.05, 0) is 85.6 Å². The van der Waals surface area contributed by atoms with Crippen LogP contribution in [0.3, 0.4) is 0 Å². The predicted molar refractivity (Wildman–Crippen MR) is 217 cm³/mol. The predicted octanol–water partition coefficient (Wildman–Crippen LogP) is 14.3. The van der Waals surface area contributed by atoms with E-state index in [1.807, 2.05) is 11.3 Å². The first-order valence-corrected chi connectivity index (χ1v) is 17.9. The zero-order valence-corrected chi connectivity index (χ0v) is 28.1. The van der Waals surface area contributed by atoms with Crippen molar-refractivity contribution in [1.29, 1.82) is 0 Å². The molecule has 0 fully saturated rings. The number of nitrogens with zero attached hydrogens (tertiary/aromatic N) is 1. The Morgan fingerprint density at radius 3 is 1.94 bits per heavy atom. The Bertz CT molecular complexity index is 2870. The minimum Gasteiger partial charge on any atom is -0.310 e. The highest BCUT2D eigenvalue weighted by Gasteiger charge is 2.18. The Morgan fingerprint density at radius 1 is 0.360 bits per heavy atom. The highest BCUT2D eigenvalue weighted by atomic mass is 32.1. The second-order valence-corrected chi connectivity index (χ2v) is 14.0. The summed E-state index contributed by atoms with van der Waals surface area (Å²) >= 11 is 1.88. The van der Waals surface area contributed by atoms with Crippen molar-refractivity contribution in [2.45, 2.75) is 0 Å². The summed E-state index contributed by atoms with van der Waals surface area (Å²) in [6.45, 7) is 0. The lowest BCUT2D eigenvalue weighted by molar-refractivity contribution is 1.30. The average molecular weight is 654 g/mol. The molecule has 0 spiro atoms. The number of fused-ring (bicyclic) bond motifs is 8. The van der Waals surface area contributed by atoms with Crippen molar-refractivity contribution in [1.82, 2.24) is 0 Å². The highest BCUT2D eigenvalue weighted by molar-refractivity contribution is 7.26. The van der Waals surface area contributed by atoms with E-state index in [0.717, 1.165) is 17.1 Å². The zero-order valence-electron chi connectivity index (χ0n) is 27.3. The maximum atomic E-state index is 2.43. The zero-order chi connectivity index (χ0) is 33.0. The van der Waals surface area contributed by atoms with Crippen LogP contribution in [0.1, 0.15) is 0 Å². The van der Waals surface area contributed by atoms with Crippen molar-refractivity contribution >= 4 is 80.9 Å². The number of thiophene rings is 1. The smallest absolute Gasteiger partial charge is 0.0540 e. The fraction of sp³-hybridized carbons (Fsp3) is 0. The van der Waals surface area contributed by atoms with Crippen LogP contribution < -0.4 is 4.90 Å². The molecule has 0 N–H and O–H groups in total. The van der Waals surface area contributed by atoms with Crippen molar-refractivity contribution in [3.8, 4) is 22.3 Å². The first-order chi connectivity index (χ1) is 24.8. The third-order valence-corrected chi connectivity index (χ3v) is 11.3. The lowest BCUT2D eigenvalue weighted by Crippen LogP contribution is -2.10. The van der Waals surface area contributed by atoms with E-state index in [1.54, 1.807) is 0 Å². The molecular formula is C48H31NS. The fourth-order valence-electron chi connectivity index (χ4n) is 7.69. The van der Waals surface area contributed by atoms with E-state index in [4.69, 9.17) is 0 Å². The van der Waals surface area contributed by atoms with Gasteiger partial charge in [-0.15, -0.1) is 11.3 Å². The third-order valence-electron chi connectivity index (χ3n) is 10.0. The molecule has 1 aromatic heterocycles. The van der Waals surface area contributed by atoms with Crippen molar-refractivity contribution in [3.05, 3.63) is 188 Å². The molecule has 1 heterocycles. The Kier molecular flexibility index (Phi) is 6.75. The molecule has 1 nitrogen and oxygen atoms in total. The van der Waals surface area contributed by atoms with Crippen LogP contribution in [-0.4, -0.2) is 0 Å². The first-order valence-electron chi connectivity index (χ1n) is 17.1. The number of hydrogen-bond acceptors (Lipinski definition) is 2. The van der Waals surface area contributed by atoms with Gasteiger partial charge < -0.3 is 4.90 Å².